The summed E-state index contributed by atoms with van der Waals surface area (Å²) in [7, 11) is 0. The number of hydrogen-bond acceptors (Lipinski definition) is 3. The number of piperazine rings is 1. The van der Waals surface area contributed by atoms with Gasteiger partial charge in [-0.25, -0.2) is 0 Å². The maximum Gasteiger partial charge on any atom is 0.255 e. The molecular weight excluding hydrogens is 226 g/mol. The van der Waals surface area contributed by atoms with Gasteiger partial charge < -0.3 is 10.2 Å². The largest absolute Gasteiger partial charge is 0.336 e. The predicted octanol–water partition coefficient (Wildman–Crippen LogP) is 2.18. The highest BCUT2D eigenvalue weighted by atomic mass is 16.2. The number of nitrogens with one attached hydrogen (secondary N) is 1. The van der Waals surface area contributed by atoms with E-state index in [4.69, 9.17) is 0 Å². The van der Waals surface area contributed by atoms with Gasteiger partial charge in [0.05, 0.1) is 5.56 Å². The highest BCUT2D eigenvalue weighted by Crippen LogP contribution is 2.03. The van der Waals surface area contributed by atoms with Crippen molar-refractivity contribution in [3.05, 3.63) is 30.1 Å². The smallest absolute Gasteiger partial charge is 0.255 e. The van der Waals surface area contributed by atoms with E-state index in [1.54, 1.807) is 24.5 Å². The van der Waals surface area contributed by atoms with Crippen molar-refractivity contribution in [1.82, 2.24) is 15.2 Å². The minimum absolute atomic E-state index is 0.0830. The zero-order valence-corrected chi connectivity index (χ0v) is 11.9. The molecule has 0 aromatic carbocycles. The van der Waals surface area contributed by atoms with Gasteiger partial charge in [0.1, 0.15) is 0 Å². The van der Waals surface area contributed by atoms with E-state index in [0.29, 0.717) is 5.56 Å². The first kappa shape index (κ1) is 16.6. The molecule has 4 heteroatoms. The monoisotopic (exact) mass is 251 g/mol. The summed E-state index contributed by atoms with van der Waals surface area (Å²) in [4.78, 5) is 17.7. The quantitative estimate of drug-likeness (QED) is 0.832. The Bertz CT molecular complexity index is 308. The van der Waals surface area contributed by atoms with Crippen LogP contribution in [-0.2, 0) is 0 Å². The predicted molar refractivity (Wildman–Crippen MR) is 75.7 cm³/mol. The molecule has 1 aromatic rings. The molecule has 102 valence electrons. The number of carbonyl (C=O) groups excluding carboxylic acids is 1. The lowest BCUT2D eigenvalue weighted by Gasteiger charge is -2.27. The third-order valence-electron chi connectivity index (χ3n) is 2.31. The molecule has 18 heavy (non-hydrogen) atoms. The van der Waals surface area contributed by atoms with Gasteiger partial charge in [-0.3, -0.25) is 9.78 Å². The van der Waals surface area contributed by atoms with Crippen LogP contribution in [0.5, 0.6) is 0 Å². The van der Waals surface area contributed by atoms with Crippen LogP contribution in [0.4, 0.5) is 0 Å². The number of hydrogen-bond donors (Lipinski definition) is 1. The minimum Gasteiger partial charge on any atom is -0.336 e. The van der Waals surface area contributed by atoms with E-state index in [2.05, 4.69) is 10.3 Å². The second-order valence-electron chi connectivity index (χ2n) is 3.28. The maximum atomic E-state index is 11.9. The average Bonchev–Trinajstić information content (AvgIpc) is 2.52. The average molecular weight is 251 g/mol. The molecule has 0 atom stereocenters. The molecule has 1 aliphatic heterocycles. The van der Waals surface area contributed by atoms with Gasteiger partial charge in [0.15, 0.2) is 0 Å². The van der Waals surface area contributed by atoms with Gasteiger partial charge in [0.25, 0.3) is 5.91 Å². The second-order valence-corrected chi connectivity index (χ2v) is 3.28. The van der Waals surface area contributed by atoms with Crippen LogP contribution in [0.3, 0.4) is 0 Å². The van der Waals surface area contributed by atoms with E-state index in [1.807, 2.05) is 32.6 Å². The third-order valence-corrected chi connectivity index (χ3v) is 2.31. The first-order valence-corrected chi connectivity index (χ1v) is 6.78. The molecule has 4 nitrogen and oxygen atoms in total. The number of pyridine rings is 1. The Morgan fingerprint density at radius 3 is 2.33 bits per heavy atom. The first-order chi connectivity index (χ1) is 8.88. The van der Waals surface area contributed by atoms with Gasteiger partial charge in [-0.1, -0.05) is 27.7 Å². The van der Waals surface area contributed by atoms with Crippen molar-refractivity contribution < 1.29 is 4.79 Å². The minimum atomic E-state index is 0.0830. The van der Waals surface area contributed by atoms with E-state index in [9.17, 15) is 4.79 Å². The van der Waals surface area contributed by atoms with Crippen LogP contribution < -0.4 is 5.32 Å². The Morgan fingerprint density at radius 2 is 1.83 bits per heavy atom. The Hall–Kier alpha value is -1.42. The third kappa shape index (κ3) is 5.27. The van der Waals surface area contributed by atoms with Gasteiger partial charge >= 0.3 is 0 Å². The molecule has 0 spiro atoms. The summed E-state index contributed by atoms with van der Waals surface area (Å²) in [6, 6.07) is 3.59. The second kappa shape index (κ2) is 10.7. The fraction of sp³-hybridized carbons (Fsp3) is 0.571. The fourth-order valence-corrected chi connectivity index (χ4v) is 1.54. The molecular formula is C14H25N3O. The molecule has 1 aliphatic rings. The van der Waals surface area contributed by atoms with Gasteiger partial charge in [-0.15, -0.1) is 0 Å². The van der Waals surface area contributed by atoms with E-state index in [-0.39, 0.29) is 5.91 Å². The van der Waals surface area contributed by atoms with Crippen LogP contribution in [-0.4, -0.2) is 42.0 Å². The van der Waals surface area contributed by atoms with Crippen LogP contribution in [0, 0.1) is 0 Å². The number of carbonyl (C=O) groups is 1. The van der Waals surface area contributed by atoms with Gasteiger partial charge in [-0.2, -0.15) is 0 Å². The molecule has 0 saturated carbocycles. The number of rotatable bonds is 1. The summed E-state index contributed by atoms with van der Waals surface area (Å²) in [5, 5.41) is 3.21. The lowest BCUT2D eigenvalue weighted by Crippen LogP contribution is -2.46. The Morgan fingerprint density at radius 1 is 1.22 bits per heavy atom. The summed E-state index contributed by atoms with van der Waals surface area (Å²) in [6.45, 7) is 11.3. The molecule has 0 radical (unpaired) electrons. The van der Waals surface area contributed by atoms with Crippen molar-refractivity contribution in [1.29, 1.82) is 0 Å². The zero-order chi connectivity index (χ0) is 13.8. The van der Waals surface area contributed by atoms with E-state index < -0.39 is 0 Å². The van der Waals surface area contributed by atoms with Gasteiger partial charge in [0.2, 0.25) is 0 Å². The summed E-state index contributed by atoms with van der Waals surface area (Å²) >= 11 is 0. The topological polar surface area (TPSA) is 45.2 Å². The molecule has 1 saturated heterocycles. The van der Waals surface area contributed by atoms with Crippen molar-refractivity contribution in [2.75, 3.05) is 26.2 Å². The van der Waals surface area contributed by atoms with Crippen LogP contribution in [0.2, 0.25) is 0 Å². The fourth-order valence-electron chi connectivity index (χ4n) is 1.54. The van der Waals surface area contributed by atoms with Crippen LogP contribution in [0.1, 0.15) is 38.1 Å². The molecule has 0 aliphatic carbocycles. The maximum absolute atomic E-state index is 11.9. The molecule has 2 heterocycles. The van der Waals surface area contributed by atoms with Crippen LogP contribution in [0.15, 0.2) is 24.5 Å². The standard InChI is InChI=1S/C10H13N3O.2C2H6/c14-10(9-2-1-3-12-8-9)13-6-4-11-5-7-13;2*1-2/h1-3,8,11H,4-7H2;2*1-2H3. The van der Waals surface area contributed by atoms with E-state index in [1.165, 1.54) is 0 Å². The molecule has 1 N–H and O–H groups in total. The zero-order valence-electron chi connectivity index (χ0n) is 11.9. The summed E-state index contributed by atoms with van der Waals surface area (Å²) in [5.41, 5.74) is 0.675. The van der Waals surface area contributed by atoms with Gasteiger partial charge in [0, 0.05) is 38.6 Å². The SMILES string of the molecule is CC.CC.O=C(c1cccnc1)N1CCNCC1. The Balaban J connectivity index is 0.000000659. The highest BCUT2D eigenvalue weighted by molar-refractivity contribution is 5.93. The lowest BCUT2D eigenvalue weighted by molar-refractivity contribution is 0.0735. The number of aromatic nitrogens is 1. The molecule has 1 amide bonds. The molecule has 2 rings (SSSR count). The Labute approximate surface area is 110 Å². The number of nitrogens with zero attached hydrogens (tertiary/aromatic N) is 2. The summed E-state index contributed by atoms with van der Waals surface area (Å²) in [5.74, 6) is 0.0830. The lowest BCUT2D eigenvalue weighted by atomic mass is 10.2. The van der Waals surface area contributed by atoms with Crippen molar-refractivity contribution in [3.8, 4) is 0 Å². The Kier molecular flexibility index (Phi) is 9.87. The highest BCUT2D eigenvalue weighted by Gasteiger charge is 2.17. The number of amides is 1. The van der Waals surface area contributed by atoms with Crippen molar-refractivity contribution in [3.63, 3.8) is 0 Å². The first-order valence-electron chi connectivity index (χ1n) is 6.78. The summed E-state index contributed by atoms with van der Waals surface area (Å²) in [6.07, 6.45) is 3.29. The van der Waals surface area contributed by atoms with Crippen LogP contribution in [0.25, 0.3) is 0 Å². The molecule has 0 bridgehead atoms. The van der Waals surface area contributed by atoms with Gasteiger partial charge in [-0.05, 0) is 12.1 Å². The summed E-state index contributed by atoms with van der Waals surface area (Å²) < 4.78 is 0. The van der Waals surface area contributed by atoms with E-state index >= 15 is 0 Å². The molecule has 0 unspecified atom stereocenters. The van der Waals surface area contributed by atoms with Crippen LogP contribution >= 0.6 is 0 Å². The van der Waals surface area contributed by atoms with Crippen molar-refractivity contribution >= 4 is 5.91 Å². The molecule has 1 fully saturated rings. The van der Waals surface area contributed by atoms with E-state index in [0.717, 1.165) is 26.2 Å². The normalized spacial score (nSPS) is 13.7. The van der Waals surface area contributed by atoms with Crippen molar-refractivity contribution in [2.45, 2.75) is 27.7 Å². The molecule has 1 aromatic heterocycles. The van der Waals surface area contributed by atoms with Crippen molar-refractivity contribution in [2.24, 2.45) is 0 Å².